The molecular formula is C18H20N8O2. The molecule has 1 aliphatic rings. The average molecular weight is 380 g/mol. The maximum Gasteiger partial charge on any atom is 0.254 e. The second-order valence-corrected chi connectivity index (χ2v) is 6.71. The first-order chi connectivity index (χ1) is 13.6. The molecule has 0 N–H and O–H groups in total. The number of nitrogens with zero attached hydrogens (tertiary/aromatic N) is 8. The van der Waals surface area contributed by atoms with Crippen LogP contribution in [0, 0.1) is 0 Å². The Morgan fingerprint density at radius 1 is 1.21 bits per heavy atom. The molecule has 1 unspecified atom stereocenters. The molecule has 10 heteroatoms. The SMILES string of the molecule is CN(C)c1ccc(OC2CCN(C(=O)c3cccc(-n4cnnn4)c3)C2)nn1. The summed E-state index contributed by atoms with van der Waals surface area (Å²) >= 11 is 0. The number of ether oxygens (including phenoxy) is 1. The van der Waals surface area contributed by atoms with Gasteiger partial charge in [-0.2, -0.15) is 0 Å². The molecule has 0 radical (unpaired) electrons. The minimum atomic E-state index is -0.105. The van der Waals surface area contributed by atoms with Crippen molar-refractivity contribution in [2.75, 3.05) is 32.1 Å². The number of carbonyl (C=O) groups excluding carboxylic acids is 1. The van der Waals surface area contributed by atoms with E-state index in [1.54, 1.807) is 23.1 Å². The monoisotopic (exact) mass is 380 g/mol. The number of anilines is 1. The smallest absolute Gasteiger partial charge is 0.254 e. The minimum absolute atomic E-state index is 0.0462. The van der Waals surface area contributed by atoms with Gasteiger partial charge in [0.2, 0.25) is 5.88 Å². The zero-order valence-electron chi connectivity index (χ0n) is 15.6. The third kappa shape index (κ3) is 3.75. The number of amides is 1. The first-order valence-corrected chi connectivity index (χ1v) is 8.90. The lowest BCUT2D eigenvalue weighted by atomic mass is 10.2. The molecule has 144 valence electrons. The molecule has 28 heavy (non-hydrogen) atoms. The number of benzene rings is 1. The van der Waals surface area contributed by atoms with E-state index in [0.29, 0.717) is 24.5 Å². The van der Waals surface area contributed by atoms with Crippen molar-refractivity contribution >= 4 is 11.7 Å². The second-order valence-electron chi connectivity index (χ2n) is 6.71. The number of tetrazole rings is 1. The lowest BCUT2D eigenvalue weighted by Crippen LogP contribution is -2.31. The first-order valence-electron chi connectivity index (χ1n) is 8.90. The third-order valence-corrected chi connectivity index (χ3v) is 4.51. The van der Waals surface area contributed by atoms with Crippen LogP contribution in [0.25, 0.3) is 5.69 Å². The molecule has 1 saturated heterocycles. The molecule has 1 atom stereocenters. The topological polar surface area (TPSA) is 102 Å². The molecule has 2 aromatic heterocycles. The van der Waals surface area contributed by atoms with Gasteiger partial charge < -0.3 is 14.5 Å². The van der Waals surface area contributed by atoms with E-state index in [4.69, 9.17) is 4.74 Å². The van der Waals surface area contributed by atoms with Gasteiger partial charge in [0.05, 0.1) is 12.2 Å². The second kappa shape index (κ2) is 7.59. The Kier molecular flexibility index (Phi) is 4.83. The van der Waals surface area contributed by atoms with Crippen LogP contribution in [-0.2, 0) is 0 Å². The number of aromatic nitrogens is 6. The van der Waals surface area contributed by atoms with Crippen LogP contribution in [0.3, 0.4) is 0 Å². The molecule has 3 heterocycles. The fraction of sp³-hybridized carbons (Fsp3) is 0.333. The quantitative estimate of drug-likeness (QED) is 0.641. The van der Waals surface area contributed by atoms with E-state index in [2.05, 4.69) is 25.7 Å². The summed E-state index contributed by atoms with van der Waals surface area (Å²) in [5, 5.41) is 19.3. The summed E-state index contributed by atoms with van der Waals surface area (Å²) in [6.45, 7) is 1.13. The summed E-state index contributed by atoms with van der Waals surface area (Å²) in [6, 6.07) is 10.9. The molecule has 0 spiro atoms. The highest BCUT2D eigenvalue weighted by atomic mass is 16.5. The Morgan fingerprint density at radius 3 is 2.82 bits per heavy atom. The number of rotatable bonds is 5. The van der Waals surface area contributed by atoms with E-state index in [-0.39, 0.29) is 12.0 Å². The molecule has 1 fully saturated rings. The molecule has 0 saturated carbocycles. The lowest BCUT2D eigenvalue weighted by Gasteiger charge is -2.17. The molecule has 1 aliphatic heterocycles. The van der Waals surface area contributed by atoms with Crippen LogP contribution in [0.15, 0.2) is 42.7 Å². The van der Waals surface area contributed by atoms with Gasteiger partial charge in [-0.05, 0) is 34.7 Å². The molecule has 0 bridgehead atoms. The van der Waals surface area contributed by atoms with Crippen molar-refractivity contribution in [1.82, 2.24) is 35.3 Å². The summed E-state index contributed by atoms with van der Waals surface area (Å²) < 4.78 is 7.41. The molecular weight excluding hydrogens is 360 g/mol. The van der Waals surface area contributed by atoms with Gasteiger partial charge in [-0.25, -0.2) is 4.68 Å². The van der Waals surface area contributed by atoms with Gasteiger partial charge >= 0.3 is 0 Å². The maximum atomic E-state index is 12.9. The van der Waals surface area contributed by atoms with Crippen molar-refractivity contribution in [2.24, 2.45) is 0 Å². The van der Waals surface area contributed by atoms with Crippen molar-refractivity contribution in [2.45, 2.75) is 12.5 Å². The number of hydrogen-bond donors (Lipinski definition) is 0. The molecule has 4 rings (SSSR count). The highest BCUT2D eigenvalue weighted by Gasteiger charge is 2.28. The summed E-state index contributed by atoms with van der Waals surface area (Å²) in [7, 11) is 3.80. The summed E-state index contributed by atoms with van der Waals surface area (Å²) in [4.78, 5) is 16.5. The van der Waals surface area contributed by atoms with Gasteiger partial charge in [0, 0.05) is 38.7 Å². The van der Waals surface area contributed by atoms with Crippen molar-refractivity contribution in [1.29, 1.82) is 0 Å². The largest absolute Gasteiger partial charge is 0.471 e. The van der Waals surface area contributed by atoms with Crippen LogP contribution in [0.2, 0.25) is 0 Å². The predicted molar refractivity (Wildman–Crippen MR) is 100 cm³/mol. The number of likely N-dealkylation sites (tertiary alicyclic amines) is 1. The average Bonchev–Trinajstić information content (AvgIpc) is 3.40. The van der Waals surface area contributed by atoms with Gasteiger partial charge in [0.1, 0.15) is 12.4 Å². The van der Waals surface area contributed by atoms with Crippen LogP contribution < -0.4 is 9.64 Å². The van der Waals surface area contributed by atoms with Crippen molar-refractivity contribution in [3.05, 3.63) is 48.3 Å². The van der Waals surface area contributed by atoms with Gasteiger partial charge in [-0.1, -0.05) is 6.07 Å². The zero-order chi connectivity index (χ0) is 19.5. The van der Waals surface area contributed by atoms with Gasteiger partial charge in [0.15, 0.2) is 5.82 Å². The Hall–Kier alpha value is -3.56. The first kappa shape index (κ1) is 17.8. The van der Waals surface area contributed by atoms with Crippen LogP contribution in [-0.4, -0.2) is 74.5 Å². The van der Waals surface area contributed by atoms with E-state index in [0.717, 1.165) is 17.9 Å². The van der Waals surface area contributed by atoms with E-state index in [1.165, 1.54) is 11.0 Å². The van der Waals surface area contributed by atoms with Crippen molar-refractivity contribution in [3.63, 3.8) is 0 Å². The minimum Gasteiger partial charge on any atom is -0.471 e. The van der Waals surface area contributed by atoms with E-state index < -0.39 is 0 Å². The highest BCUT2D eigenvalue weighted by Crippen LogP contribution is 2.20. The fourth-order valence-corrected chi connectivity index (χ4v) is 3.04. The van der Waals surface area contributed by atoms with E-state index in [9.17, 15) is 4.79 Å². The van der Waals surface area contributed by atoms with Crippen molar-refractivity contribution in [3.8, 4) is 11.6 Å². The normalized spacial score (nSPS) is 16.2. The van der Waals surface area contributed by atoms with Gasteiger partial charge in [0.25, 0.3) is 5.91 Å². The van der Waals surface area contributed by atoms with Crippen LogP contribution in [0.5, 0.6) is 5.88 Å². The summed E-state index contributed by atoms with van der Waals surface area (Å²) in [5.41, 5.74) is 1.32. The van der Waals surface area contributed by atoms with Crippen LogP contribution in [0.4, 0.5) is 5.82 Å². The van der Waals surface area contributed by atoms with E-state index in [1.807, 2.05) is 37.2 Å². The molecule has 1 aromatic carbocycles. The Balaban J connectivity index is 1.40. The maximum absolute atomic E-state index is 12.9. The molecule has 10 nitrogen and oxygen atoms in total. The number of carbonyl (C=O) groups is 1. The third-order valence-electron chi connectivity index (χ3n) is 4.51. The highest BCUT2D eigenvalue weighted by molar-refractivity contribution is 5.95. The van der Waals surface area contributed by atoms with E-state index >= 15 is 0 Å². The predicted octanol–water partition coefficient (Wildman–Crippen LogP) is 0.812. The van der Waals surface area contributed by atoms with Gasteiger partial charge in [-0.3, -0.25) is 4.79 Å². The molecule has 1 amide bonds. The Bertz CT molecular complexity index is 942. The van der Waals surface area contributed by atoms with Crippen LogP contribution >= 0.6 is 0 Å². The van der Waals surface area contributed by atoms with Gasteiger partial charge in [-0.15, -0.1) is 15.3 Å². The Labute approximate surface area is 161 Å². The summed E-state index contributed by atoms with van der Waals surface area (Å²) in [5.74, 6) is 1.18. The zero-order valence-corrected chi connectivity index (χ0v) is 15.6. The Morgan fingerprint density at radius 2 is 2.11 bits per heavy atom. The van der Waals surface area contributed by atoms with Crippen LogP contribution in [0.1, 0.15) is 16.8 Å². The summed E-state index contributed by atoms with van der Waals surface area (Å²) in [6.07, 6.45) is 2.13. The number of hydrogen-bond acceptors (Lipinski definition) is 8. The van der Waals surface area contributed by atoms with Crippen molar-refractivity contribution < 1.29 is 9.53 Å². The lowest BCUT2D eigenvalue weighted by molar-refractivity contribution is 0.0771. The fourth-order valence-electron chi connectivity index (χ4n) is 3.04. The molecule has 0 aliphatic carbocycles. The standard InChI is InChI=1S/C18H20N8O2/c1-24(2)16-6-7-17(21-20-16)28-15-8-9-25(11-15)18(27)13-4-3-5-14(10-13)26-12-19-22-23-26/h3-7,10,12,15H,8-9,11H2,1-2H3. The molecule has 3 aromatic rings.